The molecule has 0 atom stereocenters. The zero-order valence-corrected chi connectivity index (χ0v) is 11.9. The minimum Gasteiger partial charge on any atom is -0.462 e. The van der Waals surface area contributed by atoms with Crippen LogP contribution in [0.25, 0.3) is 16.1 Å². The van der Waals surface area contributed by atoms with E-state index in [4.69, 9.17) is 4.74 Å². The van der Waals surface area contributed by atoms with Crippen LogP contribution in [0, 0.1) is 0 Å². The van der Waals surface area contributed by atoms with E-state index < -0.39 is 0 Å². The summed E-state index contributed by atoms with van der Waals surface area (Å²) in [5, 5.41) is 0. The molecule has 0 spiro atoms. The van der Waals surface area contributed by atoms with Gasteiger partial charge in [-0.25, -0.2) is 4.79 Å². The van der Waals surface area contributed by atoms with Crippen LogP contribution in [-0.4, -0.2) is 12.6 Å². The van der Waals surface area contributed by atoms with Crippen molar-refractivity contribution in [2.75, 3.05) is 6.61 Å². The van der Waals surface area contributed by atoms with Crippen LogP contribution in [0.1, 0.15) is 16.6 Å². The van der Waals surface area contributed by atoms with E-state index in [1.165, 1.54) is 11.3 Å². The van der Waals surface area contributed by atoms with E-state index in [2.05, 4.69) is 0 Å². The number of esters is 1. The second-order valence-electron chi connectivity index (χ2n) is 4.28. The number of thiazole rings is 1. The Morgan fingerprint density at radius 3 is 2.65 bits per heavy atom. The Hall–Kier alpha value is -2.20. The number of nitrogens with zero attached hydrogens (tertiary/aromatic N) is 1. The van der Waals surface area contributed by atoms with Gasteiger partial charge in [0.15, 0.2) is 11.1 Å². The van der Waals surface area contributed by atoms with Gasteiger partial charge in [-0.2, -0.15) is 0 Å². The third-order valence-corrected chi connectivity index (χ3v) is 4.10. The highest BCUT2D eigenvalue weighted by molar-refractivity contribution is 7.19. The Balaban J connectivity index is 2.26. The Bertz CT molecular complexity index is 750. The van der Waals surface area contributed by atoms with Crippen molar-refractivity contribution in [3.05, 3.63) is 59.6 Å². The van der Waals surface area contributed by atoms with Gasteiger partial charge in [0.1, 0.15) is 0 Å². The summed E-state index contributed by atoms with van der Waals surface area (Å²) in [6, 6.07) is 15.8. The minimum absolute atomic E-state index is 0.264. The van der Waals surface area contributed by atoms with Crippen molar-refractivity contribution in [2.24, 2.45) is 0 Å². The number of hydrogen-bond acceptors (Lipinski definition) is 3. The SMILES string of the molecule is CCOC(=O)c1sc2cccc[n+]2c1-c1ccccc1. The number of rotatable bonds is 3. The molecular formula is C16H14NO2S+. The third-order valence-electron chi connectivity index (χ3n) is 2.99. The van der Waals surface area contributed by atoms with Crippen LogP contribution >= 0.6 is 11.3 Å². The molecule has 2 aromatic heterocycles. The number of benzene rings is 1. The summed E-state index contributed by atoms with van der Waals surface area (Å²) >= 11 is 1.46. The zero-order valence-electron chi connectivity index (χ0n) is 11.1. The van der Waals surface area contributed by atoms with Crippen LogP contribution in [0.5, 0.6) is 0 Å². The first kappa shape index (κ1) is 12.8. The number of fused-ring (bicyclic) bond motifs is 1. The molecule has 0 aliphatic carbocycles. The van der Waals surface area contributed by atoms with Crippen molar-refractivity contribution in [2.45, 2.75) is 6.92 Å². The van der Waals surface area contributed by atoms with Gasteiger partial charge in [-0.15, -0.1) is 4.40 Å². The number of carbonyl (C=O) groups is 1. The van der Waals surface area contributed by atoms with Crippen LogP contribution in [0.2, 0.25) is 0 Å². The first-order valence-corrected chi connectivity index (χ1v) is 7.28. The number of hydrogen-bond donors (Lipinski definition) is 0. The molecule has 0 radical (unpaired) electrons. The monoisotopic (exact) mass is 284 g/mol. The van der Waals surface area contributed by atoms with Gasteiger partial charge in [-0.05, 0) is 25.1 Å². The van der Waals surface area contributed by atoms with E-state index in [-0.39, 0.29) is 5.97 Å². The summed E-state index contributed by atoms with van der Waals surface area (Å²) in [6.45, 7) is 2.20. The predicted octanol–water partition coefficient (Wildman–Crippen LogP) is 3.33. The van der Waals surface area contributed by atoms with Gasteiger partial charge >= 0.3 is 5.97 Å². The third kappa shape index (κ3) is 2.18. The van der Waals surface area contributed by atoms with E-state index in [0.717, 1.165) is 16.1 Å². The van der Waals surface area contributed by atoms with Gasteiger partial charge in [-0.3, -0.25) is 0 Å². The van der Waals surface area contributed by atoms with E-state index >= 15 is 0 Å². The molecule has 0 aliphatic heterocycles. The normalized spacial score (nSPS) is 10.7. The molecule has 20 heavy (non-hydrogen) atoms. The van der Waals surface area contributed by atoms with Crippen molar-refractivity contribution >= 4 is 22.1 Å². The molecule has 4 heteroatoms. The van der Waals surface area contributed by atoms with Crippen LogP contribution in [0.4, 0.5) is 0 Å². The van der Waals surface area contributed by atoms with Crippen molar-refractivity contribution < 1.29 is 13.9 Å². The number of carbonyl (C=O) groups excluding carboxylic acids is 1. The Labute approximate surface area is 121 Å². The van der Waals surface area contributed by atoms with Gasteiger partial charge in [0.25, 0.3) is 4.83 Å². The molecule has 0 unspecified atom stereocenters. The molecule has 2 heterocycles. The van der Waals surface area contributed by atoms with Gasteiger partial charge in [0.05, 0.1) is 6.61 Å². The van der Waals surface area contributed by atoms with E-state index in [1.807, 2.05) is 66.1 Å². The average Bonchev–Trinajstić information content (AvgIpc) is 2.88. The highest BCUT2D eigenvalue weighted by Gasteiger charge is 2.27. The summed E-state index contributed by atoms with van der Waals surface area (Å²) in [6.07, 6.45) is 1.97. The Morgan fingerprint density at radius 2 is 1.90 bits per heavy atom. The molecular weight excluding hydrogens is 270 g/mol. The number of pyridine rings is 1. The number of aromatic nitrogens is 1. The second kappa shape index (κ2) is 5.43. The first-order valence-electron chi connectivity index (χ1n) is 6.47. The van der Waals surface area contributed by atoms with Gasteiger partial charge in [0.2, 0.25) is 5.69 Å². The summed E-state index contributed by atoms with van der Waals surface area (Å²) in [4.78, 5) is 13.8. The van der Waals surface area contributed by atoms with E-state index in [0.29, 0.717) is 11.5 Å². The van der Waals surface area contributed by atoms with Crippen LogP contribution < -0.4 is 4.40 Å². The molecule has 3 nitrogen and oxygen atoms in total. The van der Waals surface area contributed by atoms with Crippen LogP contribution in [0.3, 0.4) is 0 Å². The molecule has 0 saturated carbocycles. The Morgan fingerprint density at radius 1 is 1.15 bits per heavy atom. The van der Waals surface area contributed by atoms with E-state index in [1.54, 1.807) is 0 Å². The smallest absolute Gasteiger partial charge is 0.355 e. The van der Waals surface area contributed by atoms with Gasteiger partial charge in [-0.1, -0.05) is 29.5 Å². The summed E-state index contributed by atoms with van der Waals surface area (Å²) in [7, 11) is 0. The minimum atomic E-state index is -0.264. The molecule has 1 aromatic carbocycles. The van der Waals surface area contributed by atoms with Crippen molar-refractivity contribution in [3.8, 4) is 11.3 Å². The van der Waals surface area contributed by atoms with E-state index in [9.17, 15) is 4.79 Å². The molecule has 0 aliphatic rings. The fourth-order valence-electron chi connectivity index (χ4n) is 2.16. The van der Waals surface area contributed by atoms with Crippen LogP contribution in [0.15, 0.2) is 54.7 Å². The number of ether oxygens (including phenoxy) is 1. The van der Waals surface area contributed by atoms with Crippen molar-refractivity contribution in [1.82, 2.24) is 0 Å². The largest absolute Gasteiger partial charge is 0.462 e. The van der Waals surface area contributed by atoms with Gasteiger partial charge in [0, 0.05) is 17.7 Å². The standard InChI is InChI=1S/C16H14NO2S/c1-2-19-16(18)15-14(12-8-4-3-5-9-12)17-11-7-6-10-13(17)20-15/h3-11H,2H2,1H3/q+1. The second-order valence-corrected chi connectivity index (χ2v) is 5.31. The van der Waals surface area contributed by atoms with Crippen molar-refractivity contribution in [1.29, 1.82) is 0 Å². The highest BCUT2D eigenvalue weighted by Crippen LogP contribution is 2.27. The summed E-state index contributed by atoms with van der Waals surface area (Å²) in [5.74, 6) is -0.264. The fourth-order valence-corrected chi connectivity index (χ4v) is 3.22. The fraction of sp³-hybridized carbons (Fsp3) is 0.125. The molecule has 0 saturated heterocycles. The highest BCUT2D eigenvalue weighted by atomic mass is 32.1. The molecule has 3 rings (SSSR count). The molecule has 0 bridgehead atoms. The maximum Gasteiger partial charge on any atom is 0.355 e. The summed E-state index contributed by atoms with van der Waals surface area (Å²) in [5.41, 5.74) is 1.91. The maximum absolute atomic E-state index is 12.2. The topological polar surface area (TPSA) is 30.4 Å². The van der Waals surface area contributed by atoms with Crippen molar-refractivity contribution in [3.63, 3.8) is 0 Å². The molecule has 3 aromatic rings. The lowest BCUT2D eigenvalue weighted by Crippen LogP contribution is -2.22. The molecule has 0 fully saturated rings. The zero-order chi connectivity index (χ0) is 13.9. The Kier molecular flexibility index (Phi) is 3.48. The lowest BCUT2D eigenvalue weighted by molar-refractivity contribution is -0.495. The first-order chi connectivity index (χ1) is 9.81. The summed E-state index contributed by atoms with van der Waals surface area (Å²) < 4.78 is 7.21. The molecule has 0 amide bonds. The van der Waals surface area contributed by atoms with Crippen LogP contribution in [-0.2, 0) is 4.74 Å². The van der Waals surface area contributed by atoms with Gasteiger partial charge < -0.3 is 4.74 Å². The lowest BCUT2D eigenvalue weighted by atomic mass is 10.1. The average molecular weight is 284 g/mol. The molecule has 100 valence electrons. The maximum atomic E-state index is 12.2. The lowest BCUT2D eigenvalue weighted by Gasteiger charge is -1.99. The molecule has 0 N–H and O–H groups in total. The predicted molar refractivity (Wildman–Crippen MR) is 78.9 cm³/mol. The quantitative estimate of drug-likeness (QED) is 0.545.